The summed E-state index contributed by atoms with van der Waals surface area (Å²) in [5.74, 6) is 0.526. The number of halogens is 2. The second-order valence-corrected chi connectivity index (χ2v) is 8.72. The molecule has 0 saturated carbocycles. The predicted octanol–water partition coefficient (Wildman–Crippen LogP) is 4.45. The highest BCUT2D eigenvalue weighted by Gasteiger charge is 2.20. The molecule has 0 bridgehead atoms. The van der Waals surface area contributed by atoms with Gasteiger partial charge in [-0.3, -0.25) is 4.90 Å². The Hall–Kier alpha value is -2.51. The number of carbonyl (C=O) groups excluding carboxylic acids is 1. The molecule has 6 nitrogen and oxygen atoms in total. The third-order valence-electron chi connectivity index (χ3n) is 6.16. The summed E-state index contributed by atoms with van der Waals surface area (Å²) >= 11 is 6.36. The number of unbranched alkanes of at least 4 members (excludes halogenated alkanes) is 1. The van der Waals surface area contributed by atoms with Gasteiger partial charge in [-0.2, -0.15) is 0 Å². The molecule has 8 heteroatoms. The zero-order valence-corrected chi connectivity index (χ0v) is 19.2. The molecule has 4 rings (SSSR count). The van der Waals surface area contributed by atoms with Gasteiger partial charge in [0.05, 0.1) is 17.3 Å². The summed E-state index contributed by atoms with van der Waals surface area (Å²) in [7, 11) is 0. The molecule has 0 atom stereocenters. The van der Waals surface area contributed by atoms with E-state index in [1.54, 1.807) is 13.0 Å². The Morgan fingerprint density at radius 1 is 1.12 bits per heavy atom. The van der Waals surface area contributed by atoms with Gasteiger partial charge in [-0.05, 0) is 56.5 Å². The number of rotatable bonds is 7. The molecule has 2 aliphatic heterocycles. The first-order chi connectivity index (χ1) is 15.5. The van der Waals surface area contributed by atoms with Crippen molar-refractivity contribution in [2.45, 2.75) is 26.2 Å². The van der Waals surface area contributed by atoms with Gasteiger partial charge >= 0.3 is 6.03 Å². The fourth-order valence-corrected chi connectivity index (χ4v) is 4.46. The maximum absolute atomic E-state index is 13.7. The van der Waals surface area contributed by atoms with E-state index in [1.807, 2.05) is 18.2 Å². The normalized spacial score (nSPS) is 16.7. The van der Waals surface area contributed by atoms with Crippen molar-refractivity contribution in [3.8, 4) is 5.75 Å². The standard InChI is InChI=1S/C24H30ClFN4O2/c1-17-20(26)6-7-22(23(17)25)30-13-11-29(12-14-30)10-2-3-15-32-19-5-4-18-8-9-27-24(31)28-21(18)16-19/h4-7,16H,2-3,8-15H2,1H3,(H2,27,28,31). The van der Waals surface area contributed by atoms with Crippen molar-refractivity contribution in [2.24, 2.45) is 0 Å². The van der Waals surface area contributed by atoms with Crippen molar-refractivity contribution in [1.82, 2.24) is 10.2 Å². The van der Waals surface area contributed by atoms with Crippen LogP contribution in [0.4, 0.5) is 20.6 Å². The minimum atomic E-state index is -0.257. The molecule has 2 aromatic rings. The van der Waals surface area contributed by atoms with Crippen molar-refractivity contribution in [1.29, 1.82) is 0 Å². The van der Waals surface area contributed by atoms with Crippen LogP contribution < -0.4 is 20.3 Å². The summed E-state index contributed by atoms with van der Waals surface area (Å²) in [5.41, 5.74) is 3.38. The van der Waals surface area contributed by atoms with Gasteiger partial charge in [-0.25, -0.2) is 9.18 Å². The number of hydrogen-bond donors (Lipinski definition) is 2. The smallest absolute Gasteiger partial charge is 0.319 e. The van der Waals surface area contributed by atoms with Crippen LogP contribution in [-0.4, -0.2) is 56.8 Å². The Balaban J connectivity index is 1.17. The third-order valence-corrected chi connectivity index (χ3v) is 6.64. The fraction of sp³-hybridized carbons (Fsp3) is 0.458. The summed E-state index contributed by atoms with van der Waals surface area (Å²) in [6.07, 6.45) is 2.84. The van der Waals surface area contributed by atoms with Gasteiger partial charge in [0.15, 0.2) is 0 Å². The van der Waals surface area contributed by atoms with Crippen molar-refractivity contribution in [2.75, 3.05) is 56.1 Å². The van der Waals surface area contributed by atoms with Crippen LogP contribution in [0.2, 0.25) is 5.02 Å². The zero-order chi connectivity index (χ0) is 22.5. The van der Waals surface area contributed by atoms with Gasteiger partial charge in [0.25, 0.3) is 0 Å². The number of benzene rings is 2. The second-order valence-electron chi connectivity index (χ2n) is 8.34. The quantitative estimate of drug-likeness (QED) is 0.599. The molecule has 1 saturated heterocycles. The van der Waals surface area contributed by atoms with E-state index in [9.17, 15) is 9.18 Å². The zero-order valence-electron chi connectivity index (χ0n) is 18.4. The summed E-state index contributed by atoms with van der Waals surface area (Å²) < 4.78 is 19.6. The summed E-state index contributed by atoms with van der Waals surface area (Å²) in [6, 6.07) is 9.00. The van der Waals surface area contributed by atoms with Crippen molar-refractivity contribution in [3.63, 3.8) is 0 Å². The Labute approximate surface area is 193 Å². The maximum atomic E-state index is 13.7. The van der Waals surface area contributed by atoms with Gasteiger partial charge in [-0.1, -0.05) is 17.7 Å². The molecule has 32 heavy (non-hydrogen) atoms. The van der Waals surface area contributed by atoms with E-state index in [1.165, 1.54) is 6.07 Å². The van der Waals surface area contributed by atoms with E-state index in [4.69, 9.17) is 16.3 Å². The van der Waals surface area contributed by atoms with Crippen LogP contribution in [0.1, 0.15) is 24.0 Å². The molecule has 0 radical (unpaired) electrons. The maximum Gasteiger partial charge on any atom is 0.319 e. The summed E-state index contributed by atoms with van der Waals surface area (Å²) in [4.78, 5) is 16.3. The van der Waals surface area contributed by atoms with E-state index in [0.717, 1.165) is 74.7 Å². The molecule has 0 spiro atoms. The van der Waals surface area contributed by atoms with Crippen LogP contribution >= 0.6 is 11.6 Å². The number of urea groups is 1. The second kappa shape index (κ2) is 10.4. The predicted molar refractivity (Wildman–Crippen MR) is 127 cm³/mol. The molecule has 172 valence electrons. The van der Waals surface area contributed by atoms with Crippen LogP contribution in [0.25, 0.3) is 0 Å². The van der Waals surface area contributed by atoms with Crippen LogP contribution in [-0.2, 0) is 6.42 Å². The number of ether oxygens (including phenoxy) is 1. The number of anilines is 2. The molecule has 0 unspecified atom stereocenters. The summed E-state index contributed by atoms with van der Waals surface area (Å²) in [5, 5.41) is 6.18. The van der Waals surface area contributed by atoms with Gasteiger partial charge in [0.1, 0.15) is 11.6 Å². The van der Waals surface area contributed by atoms with Crippen LogP contribution in [0, 0.1) is 12.7 Å². The lowest BCUT2D eigenvalue weighted by atomic mass is 10.1. The third kappa shape index (κ3) is 5.45. The number of amides is 2. The van der Waals surface area contributed by atoms with E-state index < -0.39 is 0 Å². The van der Waals surface area contributed by atoms with E-state index in [0.29, 0.717) is 23.7 Å². The Morgan fingerprint density at radius 2 is 1.94 bits per heavy atom. The first kappa shape index (κ1) is 22.7. The lowest BCUT2D eigenvalue weighted by molar-refractivity contribution is 0.238. The molecule has 2 amide bonds. The first-order valence-corrected chi connectivity index (χ1v) is 11.6. The summed E-state index contributed by atoms with van der Waals surface area (Å²) in [6.45, 7) is 7.74. The number of carbonyl (C=O) groups is 1. The Bertz CT molecular complexity index is 963. The van der Waals surface area contributed by atoms with Gasteiger partial charge < -0.3 is 20.3 Å². The van der Waals surface area contributed by atoms with Crippen molar-refractivity contribution < 1.29 is 13.9 Å². The topological polar surface area (TPSA) is 56.8 Å². The molecule has 0 aliphatic carbocycles. The lowest BCUT2D eigenvalue weighted by Gasteiger charge is -2.36. The highest BCUT2D eigenvalue weighted by molar-refractivity contribution is 6.34. The molecule has 2 N–H and O–H groups in total. The van der Waals surface area contributed by atoms with Gasteiger partial charge in [0, 0.05) is 50.0 Å². The minimum Gasteiger partial charge on any atom is -0.494 e. The molecule has 1 fully saturated rings. The average Bonchev–Trinajstić information content (AvgIpc) is 2.98. The SMILES string of the molecule is Cc1c(F)ccc(N2CCN(CCCCOc3ccc4c(c3)NC(=O)NCC4)CC2)c1Cl. The number of piperazine rings is 1. The molecule has 2 heterocycles. The number of fused-ring (bicyclic) bond motifs is 1. The molecule has 2 aromatic carbocycles. The largest absolute Gasteiger partial charge is 0.494 e. The molecule has 2 aliphatic rings. The van der Waals surface area contributed by atoms with Gasteiger partial charge in [-0.15, -0.1) is 0 Å². The Kier molecular flexibility index (Phi) is 7.37. The highest BCUT2D eigenvalue weighted by atomic mass is 35.5. The number of nitrogens with one attached hydrogen (secondary N) is 2. The fourth-order valence-electron chi connectivity index (χ4n) is 4.19. The molecular formula is C24H30ClFN4O2. The Morgan fingerprint density at radius 3 is 2.75 bits per heavy atom. The first-order valence-electron chi connectivity index (χ1n) is 11.2. The van der Waals surface area contributed by atoms with E-state index in [2.05, 4.69) is 20.4 Å². The lowest BCUT2D eigenvalue weighted by Crippen LogP contribution is -2.46. The number of nitrogens with zero attached hydrogens (tertiary/aromatic N) is 2. The minimum absolute atomic E-state index is 0.169. The molecular weight excluding hydrogens is 431 g/mol. The molecule has 0 aromatic heterocycles. The highest BCUT2D eigenvalue weighted by Crippen LogP contribution is 2.31. The van der Waals surface area contributed by atoms with Crippen molar-refractivity contribution in [3.05, 3.63) is 52.3 Å². The van der Waals surface area contributed by atoms with Gasteiger partial charge in [0.2, 0.25) is 0 Å². The van der Waals surface area contributed by atoms with E-state index >= 15 is 0 Å². The van der Waals surface area contributed by atoms with Crippen molar-refractivity contribution >= 4 is 29.0 Å². The monoisotopic (exact) mass is 460 g/mol. The number of hydrogen-bond acceptors (Lipinski definition) is 4. The van der Waals surface area contributed by atoms with Crippen LogP contribution in [0.5, 0.6) is 5.75 Å². The van der Waals surface area contributed by atoms with Crippen LogP contribution in [0.3, 0.4) is 0 Å². The average molecular weight is 461 g/mol. The van der Waals surface area contributed by atoms with Crippen LogP contribution in [0.15, 0.2) is 30.3 Å². The van der Waals surface area contributed by atoms with E-state index in [-0.39, 0.29) is 11.8 Å².